The van der Waals surface area contributed by atoms with Gasteiger partial charge in [0.2, 0.25) is 5.91 Å². The largest absolute Gasteiger partial charge is 0.497 e. The van der Waals surface area contributed by atoms with Crippen LogP contribution in [0.1, 0.15) is 38.5 Å². The van der Waals surface area contributed by atoms with E-state index in [0.29, 0.717) is 29.0 Å². The number of amides is 1. The van der Waals surface area contributed by atoms with Crippen molar-refractivity contribution >= 4 is 23.2 Å². The molecule has 0 radical (unpaired) electrons. The average molecular weight is 350 g/mol. The van der Waals surface area contributed by atoms with Crippen LogP contribution in [0.5, 0.6) is 11.5 Å². The van der Waals surface area contributed by atoms with Gasteiger partial charge < -0.3 is 14.8 Å². The lowest BCUT2D eigenvalue weighted by molar-refractivity contribution is -0.138. The highest BCUT2D eigenvalue weighted by molar-refractivity contribution is 6.24. The van der Waals surface area contributed by atoms with E-state index in [-0.39, 0.29) is 16.2 Å². The summed E-state index contributed by atoms with van der Waals surface area (Å²) >= 11 is 6.84. The third-order valence-electron chi connectivity index (χ3n) is 6.13. The van der Waals surface area contributed by atoms with Gasteiger partial charge in [0.1, 0.15) is 11.5 Å². The van der Waals surface area contributed by atoms with Crippen LogP contribution >= 0.6 is 11.6 Å². The van der Waals surface area contributed by atoms with E-state index < -0.39 is 0 Å². The maximum atomic E-state index is 13.2. The molecule has 2 atom stereocenters. The fourth-order valence-electron chi connectivity index (χ4n) is 5.57. The van der Waals surface area contributed by atoms with Gasteiger partial charge in [-0.15, -0.1) is 11.6 Å². The van der Waals surface area contributed by atoms with Crippen LogP contribution in [0.2, 0.25) is 0 Å². The maximum absolute atomic E-state index is 13.2. The number of benzene rings is 1. The number of halogens is 1. The monoisotopic (exact) mass is 349 g/mol. The van der Waals surface area contributed by atoms with E-state index in [1.54, 1.807) is 20.3 Å². The Bertz CT molecular complexity index is 661. The van der Waals surface area contributed by atoms with E-state index in [2.05, 4.69) is 5.32 Å². The highest BCUT2D eigenvalue weighted by Gasteiger charge is 2.60. The topological polar surface area (TPSA) is 47.6 Å². The molecule has 0 aliphatic heterocycles. The van der Waals surface area contributed by atoms with Crippen LogP contribution in [0.4, 0.5) is 5.69 Å². The lowest BCUT2D eigenvalue weighted by Crippen LogP contribution is -2.57. The van der Waals surface area contributed by atoms with Crippen molar-refractivity contribution < 1.29 is 14.3 Å². The minimum Gasteiger partial charge on any atom is -0.497 e. The van der Waals surface area contributed by atoms with E-state index >= 15 is 0 Å². The lowest BCUT2D eigenvalue weighted by atomic mass is 9.49. The van der Waals surface area contributed by atoms with Crippen molar-refractivity contribution in [3.05, 3.63) is 18.2 Å². The van der Waals surface area contributed by atoms with Crippen LogP contribution in [0, 0.1) is 17.3 Å². The first-order valence-corrected chi connectivity index (χ1v) is 9.05. The zero-order valence-corrected chi connectivity index (χ0v) is 15.0. The van der Waals surface area contributed by atoms with Crippen LogP contribution in [0.25, 0.3) is 0 Å². The van der Waals surface area contributed by atoms with E-state index in [0.717, 1.165) is 32.1 Å². The highest BCUT2D eigenvalue weighted by atomic mass is 35.5. The Labute approximate surface area is 147 Å². The SMILES string of the molecule is COc1ccc(NC(=O)C23C[C@H]4C[C@@H](CC(Cl)(C4)C2)C3)c(OC)c1. The fourth-order valence-corrected chi connectivity index (χ4v) is 6.27. The highest BCUT2D eigenvalue weighted by Crippen LogP contribution is 2.64. The van der Waals surface area contributed by atoms with Crippen molar-refractivity contribution in [2.24, 2.45) is 17.3 Å². The summed E-state index contributed by atoms with van der Waals surface area (Å²) in [6, 6.07) is 5.46. The second-order valence-electron chi connectivity index (χ2n) is 7.91. The average Bonchev–Trinajstić information content (AvgIpc) is 2.52. The summed E-state index contributed by atoms with van der Waals surface area (Å²) in [7, 11) is 3.21. The molecule has 5 heteroatoms. The van der Waals surface area contributed by atoms with Gasteiger partial charge in [0, 0.05) is 10.9 Å². The Morgan fingerprint density at radius 3 is 2.46 bits per heavy atom. The van der Waals surface area contributed by atoms with E-state index in [1.165, 1.54) is 6.42 Å². The summed E-state index contributed by atoms with van der Waals surface area (Å²) in [6.07, 6.45) is 6.15. The quantitative estimate of drug-likeness (QED) is 0.828. The van der Waals surface area contributed by atoms with Crippen molar-refractivity contribution in [2.75, 3.05) is 19.5 Å². The van der Waals surface area contributed by atoms with E-state index in [4.69, 9.17) is 21.1 Å². The molecule has 4 aliphatic rings. The molecule has 4 bridgehead atoms. The minimum atomic E-state index is -0.309. The second kappa shape index (κ2) is 5.55. The fraction of sp³-hybridized carbons (Fsp3) is 0.632. The number of hydrogen-bond donors (Lipinski definition) is 1. The molecule has 1 aromatic carbocycles. The first kappa shape index (κ1) is 16.1. The standard InChI is InChI=1S/C19H24ClNO3/c1-23-14-3-4-15(16(6-14)24-2)21-17(22)18-7-12-5-13(8-18)10-19(20,9-12)11-18/h3-4,6,12-13H,5,7-11H2,1-2H3,(H,21,22)/t12-,13-,18?,19?/m1/s1. The van der Waals surface area contributed by atoms with Crippen molar-refractivity contribution in [3.63, 3.8) is 0 Å². The summed E-state index contributed by atoms with van der Waals surface area (Å²) in [6.45, 7) is 0. The molecule has 130 valence electrons. The lowest BCUT2D eigenvalue weighted by Gasteiger charge is -2.59. The number of rotatable bonds is 4. The minimum absolute atomic E-state index is 0.102. The Morgan fingerprint density at radius 1 is 1.17 bits per heavy atom. The van der Waals surface area contributed by atoms with Gasteiger partial charge in [-0.2, -0.15) is 0 Å². The molecule has 0 saturated heterocycles. The summed E-state index contributed by atoms with van der Waals surface area (Å²) < 4.78 is 10.6. The predicted octanol–water partition coefficient (Wildman–Crippen LogP) is 4.22. The molecular formula is C19H24ClNO3. The number of anilines is 1. The third-order valence-corrected chi connectivity index (χ3v) is 6.57. The number of methoxy groups -OCH3 is 2. The molecule has 0 aromatic heterocycles. The van der Waals surface area contributed by atoms with Gasteiger partial charge >= 0.3 is 0 Å². The van der Waals surface area contributed by atoms with Crippen LogP contribution in [-0.2, 0) is 4.79 Å². The zero-order valence-electron chi connectivity index (χ0n) is 14.2. The maximum Gasteiger partial charge on any atom is 0.230 e. The molecule has 1 N–H and O–H groups in total. The Balaban J connectivity index is 1.59. The van der Waals surface area contributed by atoms with E-state index in [9.17, 15) is 4.79 Å². The molecular weight excluding hydrogens is 326 g/mol. The number of ether oxygens (including phenoxy) is 2. The van der Waals surface area contributed by atoms with Crippen molar-refractivity contribution in [2.45, 2.75) is 43.4 Å². The third kappa shape index (κ3) is 2.55. The van der Waals surface area contributed by atoms with Gasteiger partial charge in [-0.1, -0.05) is 0 Å². The Kier molecular flexibility index (Phi) is 3.72. The molecule has 24 heavy (non-hydrogen) atoms. The van der Waals surface area contributed by atoms with Gasteiger partial charge in [0.05, 0.1) is 25.3 Å². The van der Waals surface area contributed by atoms with Gasteiger partial charge in [-0.05, 0) is 62.5 Å². The first-order valence-electron chi connectivity index (χ1n) is 8.68. The molecule has 4 saturated carbocycles. The van der Waals surface area contributed by atoms with Crippen LogP contribution < -0.4 is 14.8 Å². The predicted molar refractivity (Wildman–Crippen MR) is 93.9 cm³/mol. The molecule has 0 heterocycles. The van der Waals surface area contributed by atoms with Gasteiger partial charge in [0.25, 0.3) is 0 Å². The van der Waals surface area contributed by atoms with Gasteiger partial charge in [-0.25, -0.2) is 0 Å². The molecule has 0 spiro atoms. The second-order valence-corrected chi connectivity index (χ2v) is 8.71. The van der Waals surface area contributed by atoms with Crippen molar-refractivity contribution in [1.82, 2.24) is 0 Å². The zero-order chi connectivity index (χ0) is 16.9. The molecule has 1 aromatic rings. The van der Waals surface area contributed by atoms with Gasteiger partial charge in [-0.3, -0.25) is 4.79 Å². The first-order chi connectivity index (χ1) is 11.5. The number of nitrogens with one attached hydrogen (secondary N) is 1. The molecule has 0 unspecified atom stereocenters. The summed E-state index contributed by atoms with van der Waals surface area (Å²) in [5.41, 5.74) is 0.388. The van der Waals surface area contributed by atoms with E-state index in [1.807, 2.05) is 12.1 Å². The number of hydrogen-bond acceptors (Lipinski definition) is 3. The number of alkyl halides is 1. The molecule has 1 amide bonds. The smallest absolute Gasteiger partial charge is 0.230 e. The molecule has 5 rings (SSSR count). The number of carbonyl (C=O) groups is 1. The normalized spacial score (nSPS) is 36.5. The number of carbonyl (C=O) groups excluding carboxylic acids is 1. The van der Waals surface area contributed by atoms with Crippen LogP contribution in [0.15, 0.2) is 18.2 Å². The summed E-state index contributed by atoms with van der Waals surface area (Å²) in [5, 5.41) is 3.11. The van der Waals surface area contributed by atoms with Crippen LogP contribution in [0.3, 0.4) is 0 Å². The van der Waals surface area contributed by atoms with Gasteiger partial charge in [0.15, 0.2) is 0 Å². The summed E-state index contributed by atoms with van der Waals surface area (Å²) in [4.78, 5) is 13.0. The molecule has 4 fully saturated rings. The Hall–Kier alpha value is -1.42. The van der Waals surface area contributed by atoms with Crippen molar-refractivity contribution in [3.8, 4) is 11.5 Å². The summed E-state index contributed by atoms with van der Waals surface area (Å²) in [5.74, 6) is 2.64. The van der Waals surface area contributed by atoms with Crippen molar-refractivity contribution in [1.29, 1.82) is 0 Å². The molecule has 4 nitrogen and oxygen atoms in total. The van der Waals surface area contributed by atoms with Crippen LogP contribution in [-0.4, -0.2) is 25.0 Å². The molecule has 4 aliphatic carbocycles. The Morgan fingerprint density at radius 2 is 1.88 bits per heavy atom.